The zero-order chi connectivity index (χ0) is 23.3. The first-order valence-corrected chi connectivity index (χ1v) is 12.6. The number of hydrogen-bond acceptors (Lipinski definition) is 5. The van der Waals surface area contributed by atoms with Gasteiger partial charge in [0.2, 0.25) is 5.90 Å². The predicted molar refractivity (Wildman–Crippen MR) is 139 cm³/mol. The molecule has 0 aromatic heterocycles. The molecule has 3 aliphatic heterocycles. The molecule has 0 saturated carbocycles. The van der Waals surface area contributed by atoms with Crippen LogP contribution >= 0.6 is 11.6 Å². The van der Waals surface area contributed by atoms with E-state index in [1.807, 2.05) is 36.5 Å². The normalized spacial score (nSPS) is 21.8. The second-order valence-corrected chi connectivity index (χ2v) is 9.61. The Morgan fingerprint density at radius 2 is 1.97 bits per heavy atom. The van der Waals surface area contributed by atoms with Crippen LogP contribution in [0.4, 0.5) is 5.69 Å². The van der Waals surface area contributed by atoms with Crippen molar-refractivity contribution in [3.05, 3.63) is 77.0 Å². The zero-order valence-electron chi connectivity index (χ0n) is 19.7. The number of fused-ring (bicyclic) bond motifs is 2. The van der Waals surface area contributed by atoms with Crippen molar-refractivity contribution in [3.63, 3.8) is 0 Å². The number of methoxy groups -OCH3 is 1. The Kier molecular flexibility index (Phi) is 7.21. The van der Waals surface area contributed by atoms with E-state index in [0.717, 1.165) is 85.4 Å². The average Bonchev–Trinajstić information content (AvgIpc) is 3.06. The first kappa shape index (κ1) is 23.0. The Hall–Kier alpha value is -2.76. The van der Waals surface area contributed by atoms with E-state index in [4.69, 9.17) is 21.1 Å². The number of nitrogens with one attached hydrogen (secondary N) is 1. The summed E-state index contributed by atoms with van der Waals surface area (Å²) in [6.45, 7) is 3.33. The molecule has 3 aliphatic rings. The number of halogens is 1. The number of ether oxygens (including phenoxy) is 2. The molecule has 0 spiro atoms. The Morgan fingerprint density at radius 1 is 1.15 bits per heavy atom. The second kappa shape index (κ2) is 10.7. The van der Waals surface area contributed by atoms with Crippen molar-refractivity contribution in [1.29, 1.82) is 0 Å². The first-order valence-electron chi connectivity index (χ1n) is 12.2. The average molecular weight is 478 g/mol. The quantitative estimate of drug-likeness (QED) is 0.545. The van der Waals surface area contributed by atoms with E-state index in [0.29, 0.717) is 6.04 Å². The molecule has 0 radical (unpaired) electrons. The number of hydrogen-bond donors (Lipinski definition) is 1. The lowest BCUT2D eigenvalue weighted by Crippen LogP contribution is -2.39. The van der Waals surface area contributed by atoms with Crippen LogP contribution in [0.3, 0.4) is 0 Å². The van der Waals surface area contributed by atoms with Gasteiger partial charge in [-0.05, 0) is 80.2 Å². The maximum absolute atomic E-state index is 6.25. The third kappa shape index (κ3) is 5.31. The minimum atomic E-state index is 0.205. The van der Waals surface area contributed by atoms with E-state index in [-0.39, 0.29) is 5.92 Å². The Morgan fingerprint density at radius 3 is 2.76 bits per heavy atom. The first-order chi connectivity index (χ1) is 16.7. The van der Waals surface area contributed by atoms with Gasteiger partial charge in [0.05, 0.1) is 13.0 Å². The van der Waals surface area contributed by atoms with Crippen LogP contribution in [0.1, 0.15) is 31.2 Å². The molecule has 2 aromatic carbocycles. The molecular formula is C28H32ClN3O2. The zero-order valence-corrected chi connectivity index (χ0v) is 20.4. The molecule has 1 unspecified atom stereocenters. The number of rotatable bonds is 6. The van der Waals surface area contributed by atoms with E-state index in [2.05, 4.69) is 39.5 Å². The molecule has 1 atom stereocenters. The molecule has 5 nitrogen and oxygen atoms in total. The van der Waals surface area contributed by atoms with Crippen molar-refractivity contribution in [2.24, 2.45) is 10.9 Å². The SMILES string of the molecule is COc1cccc2c1CCC1C(=CCCN3CCC(Nc4ccc(Cl)cc4)CC3)C=CN=C1O2. The monoisotopic (exact) mass is 477 g/mol. The van der Waals surface area contributed by atoms with Gasteiger partial charge in [-0.15, -0.1) is 0 Å². The molecule has 5 rings (SSSR count). The third-order valence-electron chi connectivity index (χ3n) is 7.00. The Bertz CT molecular complexity index is 1090. The van der Waals surface area contributed by atoms with E-state index in [1.54, 1.807) is 7.11 Å². The molecule has 34 heavy (non-hydrogen) atoms. The van der Waals surface area contributed by atoms with E-state index >= 15 is 0 Å². The predicted octanol–water partition coefficient (Wildman–Crippen LogP) is 6.11. The van der Waals surface area contributed by atoms with E-state index in [1.165, 1.54) is 5.57 Å². The number of likely N-dealkylation sites (tertiary alicyclic amines) is 1. The lowest BCUT2D eigenvalue weighted by molar-refractivity contribution is 0.222. The number of nitrogens with zero attached hydrogens (tertiary/aromatic N) is 2. The maximum atomic E-state index is 6.25. The number of piperidine rings is 1. The highest BCUT2D eigenvalue weighted by molar-refractivity contribution is 6.30. The Balaban J connectivity index is 1.13. The van der Waals surface area contributed by atoms with Crippen LogP contribution in [0, 0.1) is 5.92 Å². The van der Waals surface area contributed by atoms with E-state index in [9.17, 15) is 0 Å². The fraction of sp³-hybridized carbons (Fsp3) is 0.393. The number of aliphatic imine (C=N–C) groups is 1. The summed E-state index contributed by atoms with van der Waals surface area (Å²) < 4.78 is 11.8. The lowest BCUT2D eigenvalue weighted by Gasteiger charge is -2.32. The number of benzene rings is 2. The van der Waals surface area contributed by atoms with Crippen molar-refractivity contribution in [3.8, 4) is 11.5 Å². The molecule has 0 amide bonds. The van der Waals surface area contributed by atoms with E-state index < -0.39 is 0 Å². The maximum Gasteiger partial charge on any atom is 0.202 e. The summed E-state index contributed by atoms with van der Waals surface area (Å²) >= 11 is 6.00. The number of anilines is 1. The summed E-state index contributed by atoms with van der Waals surface area (Å²) in [5.74, 6) is 2.76. The molecule has 1 saturated heterocycles. The van der Waals surface area contributed by atoms with Crippen LogP contribution < -0.4 is 14.8 Å². The van der Waals surface area contributed by atoms with Crippen LogP contribution in [0.5, 0.6) is 11.5 Å². The molecule has 0 aliphatic carbocycles. The van der Waals surface area contributed by atoms with Gasteiger partial charge < -0.3 is 19.7 Å². The minimum Gasteiger partial charge on any atom is -0.496 e. The van der Waals surface area contributed by atoms with Crippen molar-refractivity contribution >= 4 is 23.2 Å². The summed E-state index contributed by atoms with van der Waals surface area (Å²) in [4.78, 5) is 7.14. The van der Waals surface area contributed by atoms with Crippen LogP contribution in [0.25, 0.3) is 0 Å². The van der Waals surface area contributed by atoms with Gasteiger partial charge in [-0.1, -0.05) is 23.7 Å². The second-order valence-electron chi connectivity index (χ2n) is 9.17. The summed E-state index contributed by atoms with van der Waals surface area (Å²) in [6.07, 6.45) is 11.6. The number of allylic oxidation sites excluding steroid dienone is 1. The van der Waals surface area contributed by atoms with Gasteiger partial charge in [-0.25, -0.2) is 4.99 Å². The van der Waals surface area contributed by atoms with Crippen LogP contribution in [-0.4, -0.2) is 43.6 Å². The fourth-order valence-electron chi connectivity index (χ4n) is 5.12. The van der Waals surface area contributed by atoms with Gasteiger partial charge in [0.15, 0.2) is 0 Å². The topological polar surface area (TPSA) is 46.1 Å². The molecular weight excluding hydrogens is 446 g/mol. The van der Waals surface area contributed by atoms with Crippen molar-refractivity contribution < 1.29 is 9.47 Å². The van der Waals surface area contributed by atoms with Crippen LogP contribution in [-0.2, 0) is 6.42 Å². The molecule has 3 heterocycles. The summed E-state index contributed by atoms with van der Waals surface area (Å²) in [5.41, 5.74) is 3.60. The highest BCUT2D eigenvalue weighted by Gasteiger charge is 2.29. The molecule has 0 bridgehead atoms. The fourth-order valence-corrected chi connectivity index (χ4v) is 5.25. The van der Waals surface area contributed by atoms with Gasteiger partial charge in [0.25, 0.3) is 0 Å². The van der Waals surface area contributed by atoms with Gasteiger partial charge in [-0.2, -0.15) is 0 Å². The van der Waals surface area contributed by atoms with Crippen molar-refractivity contribution in [1.82, 2.24) is 4.90 Å². The van der Waals surface area contributed by atoms with Crippen molar-refractivity contribution in [2.45, 2.75) is 38.1 Å². The Labute approximate surface area is 207 Å². The van der Waals surface area contributed by atoms with Gasteiger partial charge in [0.1, 0.15) is 11.5 Å². The molecule has 6 heteroatoms. The molecule has 1 fully saturated rings. The summed E-state index contributed by atoms with van der Waals surface area (Å²) in [7, 11) is 1.72. The summed E-state index contributed by atoms with van der Waals surface area (Å²) in [5, 5.41) is 4.42. The molecule has 178 valence electrons. The minimum absolute atomic E-state index is 0.205. The van der Waals surface area contributed by atoms with Gasteiger partial charge >= 0.3 is 0 Å². The van der Waals surface area contributed by atoms with Crippen molar-refractivity contribution in [2.75, 3.05) is 32.1 Å². The summed E-state index contributed by atoms with van der Waals surface area (Å²) in [6, 6.07) is 14.5. The van der Waals surface area contributed by atoms with Crippen LogP contribution in [0.15, 0.2) is 71.4 Å². The third-order valence-corrected chi connectivity index (χ3v) is 7.26. The standard InChI is InChI=1S/C28H32ClN3O2/c1-33-26-5-2-6-27-25(26)12-11-24-20(13-16-30-28(24)34-27)4-3-17-32-18-14-23(15-19-32)31-22-9-7-21(29)8-10-22/h2,4-10,13,16,23-24,31H,3,11-12,14-15,17-19H2,1H3. The highest BCUT2D eigenvalue weighted by atomic mass is 35.5. The van der Waals surface area contributed by atoms with Crippen LogP contribution in [0.2, 0.25) is 5.02 Å². The van der Waals surface area contributed by atoms with Gasteiger partial charge in [-0.3, -0.25) is 0 Å². The molecule has 2 aromatic rings. The highest BCUT2D eigenvalue weighted by Crippen LogP contribution is 2.37. The lowest BCUT2D eigenvalue weighted by atomic mass is 9.90. The molecule has 1 N–H and O–H groups in total. The largest absolute Gasteiger partial charge is 0.496 e. The smallest absolute Gasteiger partial charge is 0.202 e. The van der Waals surface area contributed by atoms with Gasteiger partial charge in [0, 0.05) is 48.1 Å².